The Morgan fingerprint density at radius 1 is 1.24 bits per heavy atom. The summed E-state index contributed by atoms with van der Waals surface area (Å²) in [5.41, 5.74) is 1.91. The van der Waals surface area contributed by atoms with Gasteiger partial charge in [0.25, 0.3) is 0 Å². The van der Waals surface area contributed by atoms with E-state index >= 15 is 0 Å². The van der Waals surface area contributed by atoms with Crippen molar-refractivity contribution >= 4 is 21.6 Å². The molecule has 0 spiro atoms. The zero-order valence-corrected chi connectivity index (χ0v) is 16.5. The number of methoxy groups -OCH3 is 1. The van der Waals surface area contributed by atoms with Gasteiger partial charge in [-0.2, -0.15) is 5.26 Å². The normalized spacial score (nSPS) is 10.4. The maximum absolute atomic E-state index is 9.65. The zero-order valence-electron chi connectivity index (χ0n) is 14.9. The van der Waals surface area contributed by atoms with Crippen LogP contribution in [0.25, 0.3) is 0 Å². The molecule has 0 aliphatic carbocycles. The number of halogens is 1. The summed E-state index contributed by atoms with van der Waals surface area (Å²) in [6.45, 7) is 6.11. The highest BCUT2D eigenvalue weighted by Gasteiger charge is 2.17. The Bertz CT molecular complexity index is 783. The quantitative estimate of drug-likeness (QED) is 0.667. The molecule has 0 fully saturated rings. The molecule has 1 heterocycles. The summed E-state index contributed by atoms with van der Waals surface area (Å²) in [6, 6.07) is 9.82. The number of nitrogens with one attached hydrogen (secondary N) is 1. The molecule has 0 aliphatic rings. The SMILES string of the molecule is CCC(CC)Nc1cc(C)nc(Oc2ccc(Br)cc2OC)c1C#N. The van der Waals surface area contributed by atoms with Crippen LogP contribution >= 0.6 is 15.9 Å². The number of benzene rings is 1. The van der Waals surface area contributed by atoms with E-state index in [-0.39, 0.29) is 5.88 Å². The van der Waals surface area contributed by atoms with Crippen molar-refractivity contribution in [3.63, 3.8) is 0 Å². The summed E-state index contributed by atoms with van der Waals surface area (Å²) >= 11 is 3.40. The number of ether oxygens (including phenoxy) is 2. The molecule has 0 bridgehead atoms. The van der Waals surface area contributed by atoms with Crippen LogP contribution in [0, 0.1) is 18.3 Å². The van der Waals surface area contributed by atoms with E-state index in [4.69, 9.17) is 9.47 Å². The number of aromatic nitrogens is 1. The summed E-state index contributed by atoms with van der Waals surface area (Å²) in [7, 11) is 1.57. The summed E-state index contributed by atoms with van der Waals surface area (Å²) in [5, 5.41) is 13.1. The van der Waals surface area contributed by atoms with Gasteiger partial charge in [-0.1, -0.05) is 29.8 Å². The van der Waals surface area contributed by atoms with Gasteiger partial charge in [0.1, 0.15) is 11.6 Å². The average Bonchev–Trinajstić information content (AvgIpc) is 2.60. The van der Waals surface area contributed by atoms with Gasteiger partial charge in [0.05, 0.1) is 12.8 Å². The first-order valence-corrected chi connectivity index (χ1v) is 9.01. The van der Waals surface area contributed by atoms with Crippen molar-refractivity contribution in [2.45, 2.75) is 39.7 Å². The van der Waals surface area contributed by atoms with Crippen molar-refractivity contribution in [2.24, 2.45) is 0 Å². The first kappa shape index (κ1) is 19.1. The minimum absolute atomic E-state index is 0.275. The van der Waals surface area contributed by atoms with E-state index in [0.29, 0.717) is 23.1 Å². The van der Waals surface area contributed by atoms with Gasteiger partial charge in [0.15, 0.2) is 11.5 Å². The smallest absolute Gasteiger partial charge is 0.239 e. The van der Waals surface area contributed by atoms with Crippen LogP contribution in [0.1, 0.15) is 37.9 Å². The van der Waals surface area contributed by atoms with Crippen LogP contribution in [-0.4, -0.2) is 18.1 Å². The fraction of sp³-hybridized carbons (Fsp3) is 0.368. The molecule has 0 atom stereocenters. The first-order valence-electron chi connectivity index (χ1n) is 8.22. The average molecular weight is 404 g/mol. The molecule has 0 saturated heterocycles. The van der Waals surface area contributed by atoms with Gasteiger partial charge in [-0.15, -0.1) is 0 Å². The lowest BCUT2D eigenvalue weighted by molar-refractivity contribution is 0.373. The molecular weight excluding hydrogens is 382 g/mol. The van der Waals surface area contributed by atoms with E-state index in [2.05, 4.69) is 46.1 Å². The third-order valence-corrected chi connectivity index (χ3v) is 4.40. The van der Waals surface area contributed by atoms with Crippen LogP contribution in [0.15, 0.2) is 28.7 Å². The van der Waals surface area contributed by atoms with Crippen LogP contribution in [0.5, 0.6) is 17.4 Å². The molecule has 0 aliphatic heterocycles. The van der Waals surface area contributed by atoms with Gasteiger partial charge in [-0.3, -0.25) is 0 Å². The van der Waals surface area contributed by atoms with Crippen LogP contribution in [0.2, 0.25) is 0 Å². The monoisotopic (exact) mass is 403 g/mol. The molecule has 6 heteroatoms. The summed E-state index contributed by atoms with van der Waals surface area (Å²) in [5.74, 6) is 1.35. The Morgan fingerprint density at radius 2 is 1.96 bits per heavy atom. The number of rotatable bonds is 7. The van der Waals surface area contributed by atoms with Gasteiger partial charge >= 0.3 is 0 Å². The number of hydrogen-bond donors (Lipinski definition) is 1. The highest BCUT2D eigenvalue weighted by atomic mass is 79.9. The third-order valence-electron chi connectivity index (χ3n) is 3.90. The van der Waals surface area contributed by atoms with Gasteiger partial charge in [-0.05, 0) is 44.0 Å². The lowest BCUT2D eigenvalue weighted by Gasteiger charge is -2.19. The Morgan fingerprint density at radius 3 is 2.56 bits per heavy atom. The fourth-order valence-corrected chi connectivity index (χ4v) is 2.82. The zero-order chi connectivity index (χ0) is 18.4. The molecule has 2 rings (SSSR count). The molecular formula is C19H22BrN3O2. The molecule has 2 aromatic rings. The molecule has 0 saturated carbocycles. The largest absolute Gasteiger partial charge is 0.493 e. The molecule has 1 N–H and O–H groups in total. The van der Waals surface area contributed by atoms with Crippen molar-refractivity contribution in [1.29, 1.82) is 5.26 Å². The van der Waals surface area contributed by atoms with Gasteiger partial charge < -0.3 is 14.8 Å². The van der Waals surface area contributed by atoms with Crippen LogP contribution in [0.3, 0.4) is 0 Å². The number of nitriles is 1. The van der Waals surface area contributed by atoms with E-state index in [0.717, 1.165) is 28.7 Å². The van der Waals surface area contributed by atoms with E-state index in [1.807, 2.05) is 19.1 Å². The van der Waals surface area contributed by atoms with E-state index in [1.54, 1.807) is 19.2 Å². The maximum atomic E-state index is 9.65. The second-order valence-electron chi connectivity index (χ2n) is 5.66. The lowest BCUT2D eigenvalue weighted by atomic mass is 10.1. The number of anilines is 1. The molecule has 1 aromatic heterocycles. The second kappa shape index (κ2) is 8.72. The van der Waals surface area contributed by atoms with Crippen LogP contribution in [-0.2, 0) is 0 Å². The number of pyridine rings is 1. The van der Waals surface area contributed by atoms with Gasteiger partial charge in [0, 0.05) is 16.2 Å². The van der Waals surface area contributed by atoms with Crippen LogP contribution < -0.4 is 14.8 Å². The van der Waals surface area contributed by atoms with Crippen molar-refractivity contribution in [1.82, 2.24) is 4.98 Å². The molecule has 1 aromatic carbocycles. The minimum Gasteiger partial charge on any atom is -0.493 e. The Labute approximate surface area is 157 Å². The highest BCUT2D eigenvalue weighted by molar-refractivity contribution is 9.10. The number of nitrogens with zero attached hydrogens (tertiary/aromatic N) is 2. The Kier molecular flexibility index (Phi) is 6.65. The number of aryl methyl sites for hydroxylation is 1. The fourth-order valence-electron chi connectivity index (χ4n) is 2.48. The third kappa shape index (κ3) is 4.64. The van der Waals surface area contributed by atoms with E-state index in [9.17, 15) is 5.26 Å². The van der Waals surface area contributed by atoms with Gasteiger partial charge in [0.2, 0.25) is 5.88 Å². The molecule has 0 amide bonds. The van der Waals surface area contributed by atoms with Crippen molar-refractivity contribution in [3.8, 4) is 23.4 Å². The summed E-state index contributed by atoms with van der Waals surface area (Å²) < 4.78 is 12.2. The van der Waals surface area contributed by atoms with E-state index < -0.39 is 0 Å². The minimum atomic E-state index is 0.275. The molecule has 0 unspecified atom stereocenters. The van der Waals surface area contributed by atoms with Gasteiger partial charge in [-0.25, -0.2) is 4.98 Å². The van der Waals surface area contributed by atoms with E-state index in [1.165, 1.54) is 0 Å². The van der Waals surface area contributed by atoms with Crippen molar-refractivity contribution in [3.05, 3.63) is 40.0 Å². The predicted molar refractivity (Wildman–Crippen MR) is 102 cm³/mol. The standard InChI is InChI=1S/C19H22BrN3O2/c1-5-14(6-2)23-16-9-12(3)22-19(15(16)11-21)25-17-8-7-13(20)10-18(17)24-4/h7-10,14H,5-6H2,1-4H3,(H,22,23). The topological polar surface area (TPSA) is 67.2 Å². The second-order valence-corrected chi connectivity index (χ2v) is 6.57. The first-order chi connectivity index (χ1) is 12.0. The predicted octanol–water partition coefficient (Wildman–Crippen LogP) is 5.43. The molecule has 0 radical (unpaired) electrons. The summed E-state index contributed by atoms with van der Waals surface area (Å²) in [4.78, 5) is 4.40. The lowest BCUT2D eigenvalue weighted by Crippen LogP contribution is -2.18. The molecule has 25 heavy (non-hydrogen) atoms. The van der Waals surface area contributed by atoms with Crippen molar-refractivity contribution < 1.29 is 9.47 Å². The molecule has 132 valence electrons. The molecule has 5 nitrogen and oxygen atoms in total. The number of hydrogen-bond acceptors (Lipinski definition) is 5. The Balaban J connectivity index is 2.44. The van der Waals surface area contributed by atoms with Crippen LogP contribution in [0.4, 0.5) is 5.69 Å². The van der Waals surface area contributed by atoms with Crippen molar-refractivity contribution in [2.75, 3.05) is 12.4 Å². The maximum Gasteiger partial charge on any atom is 0.239 e. The summed E-state index contributed by atoms with van der Waals surface area (Å²) in [6.07, 6.45) is 1.94. The highest BCUT2D eigenvalue weighted by Crippen LogP contribution is 2.36. The Hall–Kier alpha value is -2.26.